The van der Waals surface area contributed by atoms with Gasteiger partial charge in [0.25, 0.3) is 0 Å². The normalized spacial score (nSPS) is 14.9. The molecule has 23 heavy (non-hydrogen) atoms. The lowest BCUT2D eigenvalue weighted by molar-refractivity contribution is 0.200. The number of aromatic nitrogens is 2. The van der Waals surface area contributed by atoms with Crippen LogP contribution in [0.15, 0.2) is 30.6 Å². The topological polar surface area (TPSA) is 68.5 Å². The van der Waals surface area contributed by atoms with Crippen LogP contribution in [0, 0.1) is 0 Å². The molecule has 1 aromatic heterocycles. The molecular weight excluding hydrogens is 294 g/mol. The SMILES string of the molecule is COc1ccc(CNn2cc(CO)cn2)cc1OC1CCCC1. The van der Waals surface area contributed by atoms with Gasteiger partial charge in [0.2, 0.25) is 0 Å². The number of aliphatic hydroxyl groups excluding tert-OH is 1. The number of hydrogen-bond acceptors (Lipinski definition) is 5. The van der Waals surface area contributed by atoms with Crippen LogP contribution in [-0.2, 0) is 13.2 Å². The van der Waals surface area contributed by atoms with E-state index in [4.69, 9.17) is 14.6 Å². The lowest BCUT2D eigenvalue weighted by Gasteiger charge is -2.17. The van der Waals surface area contributed by atoms with E-state index in [2.05, 4.69) is 10.5 Å². The summed E-state index contributed by atoms with van der Waals surface area (Å²) in [6, 6.07) is 5.95. The highest BCUT2D eigenvalue weighted by molar-refractivity contribution is 5.43. The molecule has 1 aromatic carbocycles. The van der Waals surface area contributed by atoms with Gasteiger partial charge in [-0.3, -0.25) is 0 Å². The number of aliphatic hydroxyl groups is 1. The fraction of sp³-hybridized carbons (Fsp3) is 0.471. The zero-order chi connectivity index (χ0) is 16.1. The summed E-state index contributed by atoms with van der Waals surface area (Å²) in [5.74, 6) is 1.57. The quantitative estimate of drug-likeness (QED) is 0.821. The monoisotopic (exact) mass is 317 g/mol. The lowest BCUT2D eigenvalue weighted by Crippen LogP contribution is -2.15. The molecule has 0 atom stereocenters. The number of methoxy groups -OCH3 is 1. The maximum atomic E-state index is 9.05. The molecule has 0 saturated heterocycles. The molecule has 1 heterocycles. The van der Waals surface area contributed by atoms with Crippen molar-refractivity contribution in [2.75, 3.05) is 12.5 Å². The minimum absolute atomic E-state index is 0.0103. The average Bonchev–Trinajstić information content (AvgIpc) is 3.24. The van der Waals surface area contributed by atoms with Crippen molar-refractivity contribution < 1.29 is 14.6 Å². The maximum Gasteiger partial charge on any atom is 0.161 e. The first kappa shape index (κ1) is 15.7. The van der Waals surface area contributed by atoms with Crippen molar-refractivity contribution in [3.05, 3.63) is 41.7 Å². The van der Waals surface area contributed by atoms with E-state index < -0.39 is 0 Å². The van der Waals surface area contributed by atoms with Crippen molar-refractivity contribution in [2.24, 2.45) is 0 Å². The summed E-state index contributed by atoms with van der Waals surface area (Å²) in [7, 11) is 1.66. The second-order valence-electron chi connectivity index (χ2n) is 5.80. The molecule has 0 unspecified atom stereocenters. The number of nitrogens with zero attached hydrogens (tertiary/aromatic N) is 2. The molecule has 0 bridgehead atoms. The summed E-state index contributed by atoms with van der Waals surface area (Å²) < 4.78 is 11.5. The fourth-order valence-corrected chi connectivity index (χ4v) is 2.81. The number of benzene rings is 1. The van der Waals surface area contributed by atoms with Gasteiger partial charge < -0.3 is 20.0 Å². The molecule has 6 heteroatoms. The first-order valence-electron chi connectivity index (χ1n) is 8.00. The Morgan fingerprint density at radius 1 is 1.26 bits per heavy atom. The second kappa shape index (κ2) is 7.37. The molecular formula is C17H23N3O3. The summed E-state index contributed by atoms with van der Waals surface area (Å²) in [4.78, 5) is 1.60. The summed E-state index contributed by atoms with van der Waals surface area (Å²) in [6.45, 7) is 0.598. The molecule has 1 fully saturated rings. The smallest absolute Gasteiger partial charge is 0.161 e. The Labute approximate surface area is 136 Å². The van der Waals surface area contributed by atoms with E-state index >= 15 is 0 Å². The van der Waals surface area contributed by atoms with E-state index in [0.29, 0.717) is 12.6 Å². The van der Waals surface area contributed by atoms with Gasteiger partial charge in [-0.25, -0.2) is 0 Å². The third kappa shape index (κ3) is 3.96. The predicted octanol–water partition coefficient (Wildman–Crippen LogP) is 2.45. The van der Waals surface area contributed by atoms with Crippen LogP contribution < -0.4 is 14.9 Å². The van der Waals surface area contributed by atoms with E-state index in [-0.39, 0.29) is 6.61 Å². The molecule has 1 aliphatic carbocycles. The van der Waals surface area contributed by atoms with Crippen molar-refractivity contribution in [1.82, 2.24) is 9.89 Å². The standard InChI is InChI=1S/C17H23N3O3/c1-22-16-7-6-13(8-17(16)23-15-4-2-3-5-15)9-18-20-11-14(12-21)10-19-20/h6-8,10-11,15,18,21H,2-5,9,12H2,1H3. The summed E-state index contributed by atoms with van der Waals surface area (Å²) in [5.41, 5.74) is 5.03. The van der Waals surface area contributed by atoms with Crippen LogP contribution in [-0.4, -0.2) is 28.2 Å². The van der Waals surface area contributed by atoms with Gasteiger partial charge >= 0.3 is 0 Å². The Morgan fingerprint density at radius 2 is 2.09 bits per heavy atom. The minimum atomic E-state index is -0.0103. The van der Waals surface area contributed by atoms with E-state index in [1.54, 1.807) is 24.3 Å². The van der Waals surface area contributed by atoms with Crippen LogP contribution in [0.3, 0.4) is 0 Å². The Bertz CT molecular complexity index is 636. The number of rotatable bonds is 7. The van der Waals surface area contributed by atoms with Gasteiger partial charge in [0.1, 0.15) is 0 Å². The molecule has 0 amide bonds. The lowest BCUT2D eigenvalue weighted by atomic mass is 10.2. The highest BCUT2D eigenvalue weighted by Crippen LogP contribution is 2.32. The molecule has 0 spiro atoms. The Morgan fingerprint density at radius 3 is 2.78 bits per heavy atom. The van der Waals surface area contributed by atoms with Crippen molar-refractivity contribution in [3.8, 4) is 11.5 Å². The molecule has 0 aliphatic heterocycles. The summed E-state index contributed by atoms with van der Waals surface area (Å²) in [5, 5.41) is 13.2. The number of nitrogens with one attached hydrogen (secondary N) is 1. The van der Waals surface area contributed by atoms with Gasteiger partial charge in [-0.05, 0) is 43.4 Å². The largest absolute Gasteiger partial charge is 0.493 e. The molecule has 3 rings (SSSR count). The molecule has 2 N–H and O–H groups in total. The van der Waals surface area contributed by atoms with E-state index in [9.17, 15) is 0 Å². The Hall–Kier alpha value is -2.21. The highest BCUT2D eigenvalue weighted by atomic mass is 16.5. The van der Waals surface area contributed by atoms with Crippen molar-refractivity contribution >= 4 is 0 Å². The van der Waals surface area contributed by atoms with Crippen LogP contribution in [0.4, 0.5) is 0 Å². The molecule has 0 radical (unpaired) electrons. The average molecular weight is 317 g/mol. The van der Waals surface area contributed by atoms with Crippen molar-refractivity contribution in [1.29, 1.82) is 0 Å². The Balaban J connectivity index is 1.66. The van der Waals surface area contributed by atoms with Crippen LogP contribution >= 0.6 is 0 Å². The highest BCUT2D eigenvalue weighted by Gasteiger charge is 2.18. The van der Waals surface area contributed by atoms with Gasteiger partial charge in [0.05, 0.1) is 38.8 Å². The van der Waals surface area contributed by atoms with E-state index in [1.165, 1.54) is 12.8 Å². The van der Waals surface area contributed by atoms with Crippen LogP contribution in [0.2, 0.25) is 0 Å². The molecule has 1 aliphatic rings. The van der Waals surface area contributed by atoms with Crippen LogP contribution in [0.25, 0.3) is 0 Å². The summed E-state index contributed by atoms with van der Waals surface area (Å²) >= 11 is 0. The molecule has 6 nitrogen and oxygen atoms in total. The zero-order valence-corrected chi connectivity index (χ0v) is 13.4. The van der Waals surface area contributed by atoms with E-state index in [1.807, 2.05) is 18.2 Å². The molecule has 1 saturated carbocycles. The maximum absolute atomic E-state index is 9.05. The van der Waals surface area contributed by atoms with E-state index in [0.717, 1.165) is 35.5 Å². The number of ether oxygens (including phenoxy) is 2. The first-order chi connectivity index (χ1) is 11.3. The second-order valence-corrected chi connectivity index (χ2v) is 5.80. The predicted molar refractivity (Wildman–Crippen MR) is 87.1 cm³/mol. The zero-order valence-electron chi connectivity index (χ0n) is 13.4. The van der Waals surface area contributed by atoms with Crippen LogP contribution in [0.1, 0.15) is 36.8 Å². The van der Waals surface area contributed by atoms with Crippen molar-refractivity contribution in [3.63, 3.8) is 0 Å². The van der Waals surface area contributed by atoms with Gasteiger partial charge in [-0.2, -0.15) is 9.89 Å². The van der Waals surface area contributed by atoms with Crippen molar-refractivity contribution in [2.45, 2.75) is 44.9 Å². The van der Waals surface area contributed by atoms with Gasteiger partial charge in [0.15, 0.2) is 11.5 Å². The fourth-order valence-electron chi connectivity index (χ4n) is 2.81. The van der Waals surface area contributed by atoms with Gasteiger partial charge in [-0.1, -0.05) is 6.07 Å². The van der Waals surface area contributed by atoms with Crippen LogP contribution in [0.5, 0.6) is 11.5 Å². The third-order valence-electron chi connectivity index (χ3n) is 4.09. The third-order valence-corrected chi connectivity index (χ3v) is 4.09. The minimum Gasteiger partial charge on any atom is -0.493 e. The number of hydrogen-bond donors (Lipinski definition) is 2. The molecule has 2 aromatic rings. The Kier molecular flexibility index (Phi) is 5.02. The summed E-state index contributed by atoms with van der Waals surface area (Å²) in [6.07, 6.45) is 8.40. The van der Waals surface area contributed by atoms with Gasteiger partial charge in [-0.15, -0.1) is 0 Å². The van der Waals surface area contributed by atoms with Gasteiger partial charge in [0, 0.05) is 5.56 Å². The first-order valence-corrected chi connectivity index (χ1v) is 8.00. The molecule has 124 valence electrons.